The molecular formula is C11H12O. The number of aliphatic hydroxyl groups excluding tert-OH is 1. The SMILES string of the molecule is C#C[C@H](O)CCc1ccccc1. The van der Waals surface area contributed by atoms with Crippen molar-refractivity contribution in [1.82, 2.24) is 0 Å². The largest absolute Gasteiger partial charge is 0.380 e. The first-order valence-electron chi connectivity index (χ1n) is 4.01. The van der Waals surface area contributed by atoms with E-state index >= 15 is 0 Å². The lowest BCUT2D eigenvalue weighted by Gasteiger charge is -2.02. The van der Waals surface area contributed by atoms with Crippen molar-refractivity contribution in [3.8, 4) is 12.3 Å². The molecule has 0 unspecified atom stereocenters. The Morgan fingerprint density at radius 1 is 1.33 bits per heavy atom. The lowest BCUT2D eigenvalue weighted by molar-refractivity contribution is 0.222. The highest BCUT2D eigenvalue weighted by atomic mass is 16.3. The molecule has 0 heterocycles. The number of benzene rings is 1. The molecule has 12 heavy (non-hydrogen) atoms. The Balaban J connectivity index is 2.40. The fourth-order valence-electron chi connectivity index (χ4n) is 1.03. The second-order valence-electron chi connectivity index (χ2n) is 2.71. The van der Waals surface area contributed by atoms with E-state index in [2.05, 4.69) is 5.92 Å². The van der Waals surface area contributed by atoms with Crippen LogP contribution in [0.5, 0.6) is 0 Å². The van der Waals surface area contributed by atoms with Crippen LogP contribution < -0.4 is 0 Å². The molecule has 0 saturated carbocycles. The van der Waals surface area contributed by atoms with Gasteiger partial charge in [0, 0.05) is 0 Å². The van der Waals surface area contributed by atoms with Gasteiger partial charge in [0.2, 0.25) is 0 Å². The number of rotatable bonds is 3. The average molecular weight is 160 g/mol. The molecule has 1 rings (SSSR count). The molecule has 1 heteroatoms. The van der Waals surface area contributed by atoms with E-state index in [9.17, 15) is 0 Å². The summed E-state index contributed by atoms with van der Waals surface area (Å²) in [5.41, 5.74) is 1.21. The van der Waals surface area contributed by atoms with Crippen molar-refractivity contribution in [3.63, 3.8) is 0 Å². The molecule has 62 valence electrons. The lowest BCUT2D eigenvalue weighted by atomic mass is 10.1. The van der Waals surface area contributed by atoms with Gasteiger partial charge in [0.05, 0.1) is 0 Å². The molecule has 0 aromatic heterocycles. The molecule has 0 aliphatic carbocycles. The number of hydrogen-bond donors (Lipinski definition) is 1. The minimum atomic E-state index is -0.606. The van der Waals surface area contributed by atoms with Gasteiger partial charge >= 0.3 is 0 Å². The first kappa shape index (κ1) is 8.83. The highest BCUT2D eigenvalue weighted by Crippen LogP contribution is 2.03. The third-order valence-electron chi connectivity index (χ3n) is 1.74. The summed E-state index contributed by atoms with van der Waals surface area (Å²) in [6, 6.07) is 10.0. The van der Waals surface area contributed by atoms with Gasteiger partial charge in [-0.1, -0.05) is 36.3 Å². The molecule has 0 fully saturated rings. The van der Waals surface area contributed by atoms with Gasteiger partial charge in [-0.05, 0) is 18.4 Å². The van der Waals surface area contributed by atoms with Crippen LogP contribution in [0.1, 0.15) is 12.0 Å². The minimum absolute atomic E-state index is 0.606. The summed E-state index contributed by atoms with van der Waals surface area (Å²) in [7, 11) is 0. The van der Waals surface area contributed by atoms with Gasteiger partial charge in [-0.2, -0.15) is 0 Å². The van der Waals surface area contributed by atoms with E-state index in [1.807, 2.05) is 30.3 Å². The van der Waals surface area contributed by atoms with Gasteiger partial charge in [-0.3, -0.25) is 0 Å². The van der Waals surface area contributed by atoms with Crippen molar-refractivity contribution < 1.29 is 5.11 Å². The summed E-state index contributed by atoms with van der Waals surface area (Å²) >= 11 is 0. The molecule has 1 N–H and O–H groups in total. The molecule has 0 saturated heterocycles. The quantitative estimate of drug-likeness (QED) is 0.666. The van der Waals surface area contributed by atoms with Crippen molar-refractivity contribution in [2.45, 2.75) is 18.9 Å². The molecule has 1 nitrogen and oxygen atoms in total. The van der Waals surface area contributed by atoms with E-state index in [0.29, 0.717) is 6.42 Å². The van der Waals surface area contributed by atoms with Gasteiger partial charge in [0.15, 0.2) is 0 Å². The van der Waals surface area contributed by atoms with Crippen LogP contribution in [0.15, 0.2) is 30.3 Å². The van der Waals surface area contributed by atoms with Crippen molar-refractivity contribution in [2.24, 2.45) is 0 Å². The third kappa shape index (κ3) is 2.77. The maximum Gasteiger partial charge on any atom is 0.114 e. The second-order valence-corrected chi connectivity index (χ2v) is 2.71. The second kappa shape index (κ2) is 4.58. The number of hydrogen-bond acceptors (Lipinski definition) is 1. The summed E-state index contributed by atoms with van der Waals surface area (Å²) in [4.78, 5) is 0. The molecule has 1 atom stereocenters. The zero-order valence-corrected chi connectivity index (χ0v) is 6.90. The highest BCUT2D eigenvalue weighted by Gasteiger charge is 1.98. The minimum Gasteiger partial charge on any atom is -0.380 e. The Kier molecular flexibility index (Phi) is 3.37. The summed E-state index contributed by atoms with van der Waals surface area (Å²) < 4.78 is 0. The molecule has 1 aromatic carbocycles. The monoisotopic (exact) mass is 160 g/mol. The molecular weight excluding hydrogens is 148 g/mol. The van der Waals surface area contributed by atoms with Crippen LogP contribution in [0.3, 0.4) is 0 Å². The number of terminal acetylenes is 1. The molecule has 0 aliphatic rings. The van der Waals surface area contributed by atoms with Crippen molar-refractivity contribution in [1.29, 1.82) is 0 Å². The van der Waals surface area contributed by atoms with Crippen LogP contribution in [-0.4, -0.2) is 11.2 Å². The van der Waals surface area contributed by atoms with Crippen molar-refractivity contribution in [3.05, 3.63) is 35.9 Å². The third-order valence-corrected chi connectivity index (χ3v) is 1.74. The Morgan fingerprint density at radius 3 is 2.58 bits per heavy atom. The summed E-state index contributed by atoms with van der Waals surface area (Å²) in [6.45, 7) is 0. The molecule has 0 spiro atoms. The van der Waals surface area contributed by atoms with Crippen molar-refractivity contribution >= 4 is 0 Å². The number of aryl methyl sites for hydroxylation is 1. The van der Waals surface area contributed by atoms with Crippen LogP contribution in [0.25, 0.3) is 0 Å². The summed E-state index contributed by atoms with van der Waals surface area (Å²) in [5, 5.41) is 9.08. The van der Waals surface area contributed by atoms with Crippen LogP contribution in [0.2, 0.25) is 0 Å². The van der Waals surface area contributed by atoms with E-state index in [1.165, 1.54) is 5.56 Å². The maximum atomic E-state index is 9.08. The van der Waals surface area contributed by atoms with Gasteiger partial charge < -0.3 is 5.11 Å². The maximum absolute atomic E-state index is 9.08. The highest BCUT2D eigenvalue weighted by molar-refractivity contribution is 5.15. The van der Waals surface area contributed by atoms with E-state index in [0.717, 1.165) is 6.42 Å². The lowest BCUT2D eigenvalue weighted by Crippen LogP contribution is -2.03. The first-order valence-corrected chi connectivity index (χ1v) is 4.01. The van der Waals surface area contributed by atoms with E-state index < -0.39 is 6.10 Å². The van der Waals surface area contributed by atoms with Crippen molar-refractivity contribution in [2.75, 3.05) is 0 Å². The smallest absolute Gasteiger partial charge is 0.114 e. The van der Waals surface area contributed by atoms with Crippen LogP contribution in [0, 0.1) is 12.3 Å². The Bertz CT molecular complexity index is 258. The zero-order valence-electron chi connectivity index (χ0n) is 6.90. The fraction of sp³-hybridized carbons (Fsp3) is 0.273. The zero-order chi connectivity index (χ0) is 8.81. The normalized spacial score (nSPS) is 12.0. The molecule has 0 aliphatic heterocycles. The first-order chi connectivity index (χ1) is 5.83. The average Bonchev–Trinajstić information content (AvgIpc) is 2.16. The summed E-state index contributed by atoms with van der Waals surface area (Å²) in [5.74, 6) is 2.29. The van der Waals surface area contributed by atoms with Gasteiger partial charge in [0.1, 0.15) is 6.10 Å². The molecule has 0 amide bonds. The predicted octanol–water partition coefficient (Wildman–Crippen LogP) is 1.61. The summed E-state index contributed by atoms with van der Waals surface area (Å²) in [6.07, 6.45) is 5.91. The predicted molar refractivity (Wildman–Crippen MR) is 49.6 cm³/mol. The van der Waals surface area contributed by atoms with E-state index in [-0.39, 0.29) is 0 Å². The van der Waals surface area contributed by atoms with Crippen LogP contribution in [0.4, 0.5) is 0 Å². The van der Waals surface area contributed by atoms with Gasteiger partial charge in [-0.25, -0.2) is 0 Å². The Hall–Kier alpha value is -1.26. The topological polar surface area (TPSA) is 20.2 Å². The van der Waals surface area contributed by atoms with Gasteiger partial charge in [-0.15, -0.1) is 6.42 Å². The molecule has 1 aromatic rings. The van der Waals surface area contributed by atoms with Gasteiger partial charge in [0.25, 0.3) is 0 Å². The molecule has 0 radical (unpaired) electrons. The van der Waals surface area contributed by atoms with Crippen LogP contribution >= 0.6 is 0 Å². The number of aliphatic hydroxyl groups is 1. The van der Waals surface area contributed by atoms with Crippen LogP contribution in [-0.2, 0) is 6.42 Å². The van der Waals surface area contributed by atoms with E-state index in [1.54, 1.807) is 0 Å². The standard InChI is InChI=1S/C11H12O/c1-2-11(12)9-8-10-6-4-3-5-7-10/h1,3-7,11-12H,8-9H2/t11-/m0/s1. The molecule has 0 bridgehead atoms. The fourth-order valence-corrected chi connectivity index (χ4v) is 1.03. The Labute approximate surface area is 73.0 Å². The van der Waals surface area contributed by atoms with E-state index in [4.69, 9.17) is 11.5 Å². The Morgan fingerprint density at radius 2 is 2.00 bits per heavy atom.